The molecule has 3 atom stereocenters. The number of aliphatic hydroxyl groups excluding tert-OH is 1. The smallest absolute Gasteiger partial charge is 0.144 e. The fraction of sp³-hybridized carbons (Fsp3) is 0.158. The first-order valence-corrected chi connectivity index (χ1v) is 16.2. The Balaban J connectivity index is 1.65. The van der Waals surface area contributed by atoms with E-state index in [-0.39, 0.29) is 18.4 Å². The van der Waals surface area contributed by atoms with Crippen LogP contribution in [0.3, 0.4) is 0 Å². The van der Waals surface area contributed by atoms with E-state index in [4.69, 9.17) is 0 Å². The SMILES string of the molecule is O=P(C[C@@]1(c2ccccc2)C=C(c2ccccc2)C[C@H](c2ccccc2)[C@H]1CO)(c1ccccc1)c1ccccc1. The highest BCUT2D eigenvalue weighted by molar-refractivity contribution is 7.78. The summed E-state index contributed by atoms with van der Waals surface area (Å²) in [4.78, 5) is 0. The highest BCUT2D eigenvalue weighted by Gasteiger charge is 2.50. The van der Waals surface area contributed by atoms with E-state index in [0.29, 0.717) is 6.16 Å². The molecule has 0 unspecified atom stereocenters. The lowest BCUT2D eigenvalue weighted by atomic mass is 9.59. The Labute approximate surface area is 243 Å². The van der Waals surface area contributed by atoms with E-state index in [0.717, 1.165) is 22.6 Å². The van der Waals surface area contributed by atoms with E-state index in [1.807, 2.05) is 78.9 Å². The summed E-state index contributed by atoms with van der Waals surface area (Å²) in [6.45, 7) is -0.0173. The van der Waals surface area contributed by atoms with Crippen LogP contribution in [0.1, 0.15) is 29.0 Å². The Morgan fingerprint density at radius 3 is 1.61 bits per heavy atom. The number of hydrogen-bond donors (Lipinski definition) is 1. The van der Waals surface area contributed by atoms with Crippen LogP contribution >= 0.6 is 7.14 Å². The highest BCUT2D eigenvalue weighted by Crippen LogP contribution is 2.58. The molecule has 0 bridgehead atoms. The van der Waals surface area contributed by atoms with E-state index in [2.05, 4.69) is 78.9 Å². The molecular weight excluding hydrogens is 519 g/mol. The first-order chi connectivity index (χ1) is 20.1. The lowest BCUT2D eigenvalue weighted by molar-refractivity contribution is 0.152. The van der Waals surface area contributed by atoms with Gasteiger partial charge in [0.25, 0.3) is 0 Å². The maximum atomic E-state index is 15.7. The summed E-state index contributed by atoms with van der Waals surface area (Å²) in [6.07, 6.45) is 3.54. The molecule has 6 rings (SSSR count). The van der Waals surface area contributed by atoms with Crippen molar-refractivity contribution in [3.8, 4) is 0 Å². The monoisotopic (exact) mass is 554 g/mol. The molecule has 0 fully saturated rings. The Morgan fingerprint density at radius 1 is 0.634 bits per heavy atom. The summed E-state index contributed by atoms with van der Waals surface area (Å²) >= 11 is 0. The molecule has 1 N–H and O–H groups in total. The van der Waals surface area contributed by atoms with Crippen LogP contribution in [0, 0.1) is 5.92 Å². The highest BCUT2D eigenvalue weighted by atomic mass is 31.2. The van der Waals surface area contributed by atoms with Gasteiger partial charge in [-0.25, -0.2) is 0 Å². The molecule has 2 nitrogen and oxygen atoms in total. The third-order valence-corrected chi connectivity index (χ3v) is 12.0. The molecule has 0 saturated heterocycles. The molecule has 1 aliphatic carbocycles. The number of aliphatic hydroxyl groups is 1. The van der Waals surface area contributed by atoms with Gasteiger partial charge in [0.05, 0.1) is 0 Å². The molecule has 5 aromatic rings. The van der Waals surface area contributed by atoms with Gasteiger partial charge in [0.1, 0.15) is 7.14 Å². The van der Waals surface area contributed by atoms with Gasteiger partial charge in [0.2, 0.25) is 0 Å². The Hall–Kier alpha value is -3.97. The van der Waals surface area contributed by atoms with E-state index >= 15 is 4.57 Å². The van der Waals surface area contributed by atoms with E-state index in [1.54, 1.807) is 0 Å². The van der Waals surface area contributed by atoms with Gasteiger partial charge in [0.15, 0.2) is 0 Å². The maximum Gasteiger partial charge on any atom is 0.144 e. The molecular formula is C38H35O2P. The molecule has 5 aromatic carbocycles. The van der Waals surface area contributed by atoms with Crippen molar-refractivity contribution in [2.45, 2.75) is 17.8 Å². The number of allylic oxidation sites excluding steroid dienone is 2. The standard InChI is InChI=1S/C38H35O2P/c39-28-37-36(31-18-8-2-9-19-31)26-32(30-16-6-1-7-17-30)27-38(37,33-20-10-3-11-21-33)29-41(40,34-22-12-4-13-23-34)35-24-14-5-15-25-35/h1-25,27,36-37,39H,26,28-29H2/t36-,37-,38-/m1/s1. The summed E-state index contributed by atoms with van der Waals surface area (Å²) in [6, 6.07) is 51.3. The minimum absolute atomic E-state index is 0.0173. The zero-order chi connectivity index (χ0) is 28.1. The van der Waals surface area contributed by atoms with Crippen LogP contribution in [-0.2, 0) is 9.98 Å². The molecule has 0 amide bonds. The van der Waals surface area contributed by atoms with Crippen molar-refractivity contribution in [1.82, 2.24) is 0 Å². The fourth-order valence-electron chi connectivity index (χ4n) is 6.75. The Kier molecular flexibility index (Phi) is 7.88. The van der Waals surface area contributed by atoms with Crippen molar-refractivity contribution in [1.29, 1.82) is 0 Å². The van der Waals surface area contributed by atoms with E-state index in [9.17, 15) is 5.11 Å². The van der Waals surface area contributed by atoms with Gasteiger partial charge < -0.3 is 9.67 Å². The number of rotatable bonds is 8. The lowest BCUT2D eigenvalue weighted by Crippen LogP contribution is -2.46. The summed E-state index contributed by atoms with van der Waals surface area (Å²) in [5.41, 5.74) is 3.98. The van der Waals surface area contributed by atoms with Crippen molar-refractivity contribution in [2.24, 2.45) is 5.92 Å². The Bertz CT molecular complexity index is 1590. The van der Waals surface area contributed by atoms with Crippen LogP contribution < -0.4 is 10.6 Å². The average Bonchev–Trinajstić information content (AvgIpc) is 3.06. The number of benzene rings is 5. The molecule has 3 heteroatoms. The summed E-state index contributed by atoms with van der Waals surface area (Å²) in [5.74, 6) is -0.137. The van der Waals surface area contributed by atoms with Crippen molar-refractivity contribution >= 4 is 23.3 Å². The van der Waals surface area contributed by atoms with Crippen molar-refractivity contribution in [2.75, 3.05) is 12.8 Å². The first-order valence-electron chi connectivity index (χ1n) is 14.3. The molecule has 1 aliphatic rings. The van der Waals surface area contributed by atoms with Gasteiger partial charge in [-0.2, -0.15) is 0 Å². The minimum atomic E-state index is -3.17. The van der Waals surface area contributed by atoms with Crippen LogP contribution in [0.2, 0.25) is 0 Å². The van der Waals surface area contributed by atoms with Crippen molar-refractivity contribution in [3.05, 3.63) is 174 Å². The van der Waals surface area contributed by atoms with Gasteiger partial charge in [0, 0.05) is 34.7 Å². The predicted molar refractivity (Wildman–Crippen MR) is 172 cm³/mol. The summed E-state index contributed by atoms with van der Waals surface area (Å²) in [7, 11) is -3.17. The van der Waals surface area contributed by atoms with Crippen LogP contribution in [0.25, 0.3) is 5.57 Å². The molecule has 0 saturated carbocycles. The number of hydrogen-bond acceptors (Lipinski definition) is 2. The molecule has 0 aromatic heterocycles. The summed E-state index contributed by atoms with van der Waals surface area (Å²) in [5, 5.41) is 13.0. The minimum Gasteiger partial charge on any atom is -0.396 e. The molecule has 204 valence electrons. The normalized spacial score (nSPS) is 20.8. The predicted octanol–water partition coefficient (Wildman–Crippen LogP) is 7.82. The van der Waals surface area contributed by atoms with Crippen molar-refractivity contribution < 1.29 is 9.67 Å². The molecule has 0 radical (unpaired) electrons. The van der Waals surface area contributed by atoms with Gasteiger partial charge in [-0.15, -0.1) is 0 Å². The molecule has 0 heterocycles. The molecule has 0 aliphatic heterocycles. The largest absolute Gasteiger partial charge is 0.396 e. The van der Waals surface area contributed by atoms with Crippen molar-refractivity contribution in [3.63, 3.8) is 0 Å². The third-order valence-electron chi connectivity index (χ3n) is 8.73. The van der Waals surface area contributed by atoms with E-state index < -0.39 is 12.6 Å². The Morgan fingerprint density at radius 2 is 1.10 bits per heavy atom. The first kappa shape index (κ1) is 27.2. The van der Waals surface area contributed by atoms with E-state index in [1.165, 1.54) is 16.7 Å². The molecule has 0 spiro atoms. The zero-order valence-corrected chi connectivity index (χ0v) is 24.0. The van der Waals surface area contributed by atoms with Crippen LogP contribution in [0.15, 0.2) is 158 Å². The second-order valence-electron chi connectivity index (χ2n) is 11.0. The van der Waals surface area contributed by atoms with Gasteiger partial charge in [-0.05, 0) is 34.6 Å². The van der Waals surface area contributed by atoms with Gasteiger partial charge in [-0.3, -0.25) is 0 Å². The lowest BCUT2D eigenvalue weighted by Gasteiger charge is -2.48. The van der Waals surface area contributed by atoms with Crippen LogP contribution in [-0.4, -0.2) is 17.9 Å². The average molecular weight is 555 g/mol. The third kappa shape index (κ3) is 5.26. The van der Waals surface area contributed by atoms with Crippen LogP contribution in [0.4, 0.5) is 0 Å². The summed E-state index contributed by atoms with van der Waals surface area (Å²) < 4.78 is 15.7. The van der Waals surface area contributed by atoms with Gasteiger partial charge >= 0.3 is 0 Å². The second kappa shape index (κ2) is 11.9. The molecule has 41 heavy (non-hydrogen) atoms. The fourth-order valence-corrected chi connectivity index (χ4v) is 9.96. The quantitative estimate of drug-likeness (QED) is 0.199. The van der Waals surface area contributed by atoms with Gasteiger partial charge in [-0.1, -0.05) is 158 Å². The van der Waals surface area contributed by atoms with Crippen LogP contribution in [0.5, 0.6) is 0 Å². The maximum absolute atomic E-state index is 15.7. The second-order valence-corrected chi connectivity index (χ2v) is 13.8. The zero-order valence-electron chi connectivity index (χ0n) is 23.1. The topological polar surface area (TPSA) is 37.3 Å².